The Bertz CT molecular complexity index is 674. The van der Waals surface area contributed by atoms with Crippen LogP contribution in [0.2, 0.25) is 0 Å². The third-order valence-corrected chi connectivity index (χ3v) is 4.07. The van der Waals surface area contributed by atoms with E-state index in [2.05, 4.69) is 10.6 Å². The lowest BCUT2D eigenvalue weighted by atomic mass is 10.1. The Morgan fingerprint density at radius 2 is 1.93 bits per heavy atom. The van der Waals surface area contributed by atoms with Crippen molar-refractivity contribution in [3.63, 3.8) is 0 Å². The predicted octanol–water partition coefficient (Wildman–Crippen LogP) is 3.36. The number of ether oxygens (including phenoxy) is 2. The van der Waals surface area contributed by atoms with E-state index in [1.54, 1.807) is 24.3 Å². The minimum absolute atomic E-state index is 0.0360. The molecule has 0 spiro atoms. The fraction of sp³-hybridized carbons (Fsp3) is 0.500. The Morgan fingerprint density at radius 1 is 1.22 bits per heavy atom. The number of benzene rings is 1. The van der Waals surface area contributed by atoms with Crippen molar-refractivity contribution in [2.75, 3.05) is 20.2 Å². The summed E-state index contributed by atoms with van der Waals surface area (Å²) in [6, 6.07) is 7.32. The van der Waals surface area contributed by atoms with Crippen LogP contribution in [0.3, 0.4) is 0 Å². The first-order valence-corrected chi connectivity index (χ1v) is 9.12. The topological polar surface area (TPSA) is 79.9 Å². The number of amides is 3. The van der Waals surface area contributed by atoms with Crippen molar-refractivity contribution >= 4 is 18.2 Å². The fourth-order valence-electron chi connectivity index (χ4n) is 2.72. The Kier molecular flexibility index (Phi) is 7.10. The van der Waals surface area contributed by atoms with Gasteiger partial charge in [-0.1, -0.05) is 12.1 Å². The largest absolute Gasteiger partial charge is 0.497 e. The maximum absolute atomic E-state index is 12.1. The van der Waals surface area contributed by atoms with Crippen molar-refractivity contribution in [3.8, 4) is 5.75 Å². The van der Waals surface area contributed by atoms with Gasteiger partial charge in [-0.3, -0.25) is 0 Å². The Labute approximate surface area is 160 Å². The van der Waals surface area contributed by atoms with Gasteiger partial charge in [-0.05, 0) is 57.4 Å². The summed E-state index contributed by atoms with van der Waals surface area (Å²) in [5, 5.41) is 5.63. The number of hydrogen-bond donors (Lipinski definition) is 2. The lowest BCUT2D eigenvalue weighted by molar-refractivity contribution is 0.0201. The third kappa shape index (κ3) is 7.21. The van der Waals surface area contributed by atoms with Crippen LogP contribution in [0.1, 0.15) is 39.2 Å². The van der Waals surface area contributed by atoms with E-state index in [0.717, 1.165) is 11.3 Å². The van der Waals surface area contributed by atoms with Crippen molar-refractivity contribution in [1.82, 2.24) is 15.5 Å². The molecule has 3 amide bonds. The van der Waals surface area contributed by atoms with Gasteiger partial charge in [0.1, 0.15) is 11.4 Å². The molecule has 148 valence electrons. The molecular formula is C20H29N3O4. The standard InChI is InChI=1S/C20H29N3O4/c1-20(2,3)27-19(25)23-12-9-16(10-13-23)22-18(24)21-11-8-15-6-5-7-17(14-15)26-4/h5-8,11,14,16H,9-10,12-13H2,1-4H3,(H2,21,22,24)/b11-8+. The van der Waals surface area contributed by atoms with Gasteiger partial charge in [0.05, 0.1) is 7.11 Å². The van der Waals surface area contributed by atoms with Crippen LogP contribution in [0.25, 0.3) is 6.08 Å². The summed E-state index contributed by atoms with van der Waals surface area (Å²) in [6.07, 6.45) is 4.50. The summed E-state index contributed by atoms with van der Waals surface area (Å²) < 4.78 is 10.5. The number of hydrogen-bond acceptors (Lipinski definition) is 4. The van der Waals surface area contributed by atoms with Gasteiger partial charge in [-0.2, -0.15) is 0 Å². The molecule has 27 heavy (non-hydrogen) atoms. The first-order chi connectivity index (χ1) is 12.8. The van der Waals surface area contributed by atoms with Crippen LogP contribution in [-0.4, -0.2) is 48.9 Å². The summed E-state index contributed by atoms with van der Waals surface area (Å²) in [6.45, 7) is 6.69. The van der Waals surface area contributed by atoms with Crippen LogP contribution < -0.4 is 15.4 Å². The van der Waals surface area contributed by atoms with Crippen molar-refractivity contribution in [2.45, 2.75) is 45.3 Å². The van der Waals surface area contributed by atoms with Crippen LogP contribution >= 0.6 is 0 Å². The number of nitrogens with one attached hydrogen (secondary N) is 2. The van der Waals surface area contributed by atoms with Gasteiger partial charge >= 0.3 is 12.1 Å². The lowest BCUT2D eigenvalue weighted by Gasteiger charge is -2.33. The number of urea groups is 1. The molecule has 0 saturated carbocycles. The Hall–Kier alpha value is -2.70. The van der Waals surface area contributed by atoms with E-state index < -0.39 is 5.60 Å². The number of likely N-dealkylation sites (tertiary alicyclic amines) is 1. The van der Waals surface area contributed by atoms with E-state index in [9.17, 15) is 9.59 Å². The minimum Gasteiger partial charge on any atom is -0.497 e. The number of carbonyl (C=O) groups excluding carboxylic acids is 2. The van der Waals surface area contributed by atoms with Gasteiger partial charge in [0.25, 0.3) is 0 Å². The molecule has 0 bridgehead atoms. The zero-order valence-corrected chi connectivity index (χ0v) is 16.5. The number of piperidine rings is 1. The molecule has 1 heterocycles. The lowest BCUT2D eigenvalue weighted by Crippen LogP contribution is -2.49. The maximum Gasteiger partial charge on any atom is 0.410 e. The highest BCUT2D eigenvalue weighted by atomic mass is 16.6. The average molecular weight is 375 g/mol. The number of methoxy groups -OCH3 is 1. The molecule has 1 aromatic carbocycles. The minimum atomic E-state index is -0.499. The maximum atomic E-state index is 12.1. The number of rotatable bonds is 4. The zero-order valence-electron chi connectivity index (χ0n) is 16.5. The molecular weight excluding hydrogens is 346 g/mol. The molecule has 1 aromatic rings. The molecule has 2 N–H and O–H groups in total. The highest BCUT2D eigenvalue weighted by Crippen LogP contribution is 2.16. The molecule has 0 aromatic heterocycles. The molecule has 2 rings (SSSR count). The van der Waals surface area contributed by atoms with Crippen molar-refractivity contribution < 1.29 is 19.1 Å². The Balaban J connectivity index is 1.72. The number of nitrogens with zero attached hydrogens (tertiary/aromatic N) is 1. The van der Waals surface area contributed by atoms with Crippen molar-refractivity contribution in [1.29, 1.82) is 0 Å². The van der Waals surface area contributed by atoms with Crippen LogP contribution in [0.5, 0.6) is 5.75 Å². The summed E-state index contributed by atoms with van der Waals surface area (Å²) in [7, 11) is 1.61. The highest BCUT2D eigenvalue weighted by molar-refractivity contribution is 5.76. The molecule has 0 aliphatic carbocycles. The second-order valence-corrected chi connectivity index (χ2v) is 7.47. The molecule has 0 radical (unpaired) electrons. The van der Waals surface area contributed by atoms with Crippen LogP contribution in [0.4, 0.5) is 9.59 Å². The van der Waals surface area contributed by atoms with Gasteiger partial charge in [0.2, 0.25) is 0 Å². The summed E-state index contributed by atoms with van der Waals surface area (Å²) in [5.41, 5.74) is 0.432. The van der Waals surface area contributed by atoms with Gasteiger partial charge < -0.3 is 25.0 Å². The van der Waals surface area contributed by atoms with Crippen LogP contribution in [0.15, 0.2) is 30.5 Å². The Morgan fingerprint density at radius 3 is 2.56 bits per heavy atom. The van der Waals surface area contributed by atoms with Gasteiger partial charge in [0.15, 0.2) is 0 Å². The zero-order chi connectivity index (χ0) is 19.9. The average Bonchev–Trinajstić information content (AvgIpc) is 2.61. The van der Waals surface area contributed by atoms with E-state index in [1.165, 1.54) is 0 Å². The summed E-state index contributed by atoms with van der Waals surface area (Å²) in [4.78, 5) is 25.8. The number of carbonyl (C=O) groups is 2. The van der Waals surface area contributed by atoms with Crippen LogP contribution in [0, 0.1) is 0 Å². The third-order valence-electron chi connectivity index (χ3n) is 4.07. The van der Waals surface area contributed by atoms with Crippen molar-refractivity contribution in [3.05, 3.63) is 36.0 Å². The van der Waals surface area contributed by atoms with Crippen molar-refractivity contribution in [2.24, 2.45) is 0 Å². The SMILES string of the molecule is COc1cccc(/C=C/NC(=O)NC2CCN(C(=O)OC(C)(C)C)CC2)c1. The molecule has 1 aliphatic heterocycles. The van der Waals surface area contributed by atoms with E-state index >= 15 is 0 Å². The first kappa shape index (κ1) is 20.6. The molecule has 1 aliphatic rings. The second-order valence-electron chi connectivity index (χ2n) is 7.47. The molecule has 7 heteroatoms. The van der Waals surface area contributed by atoms with E-state index in [1.807, 2.05) is 45.0 Å². The first-order valence-electron chi connectivity index (χ1n) is 9.12. The van der Waals surface area contributed by atoms with Crippen LogP contribution in [-0.2, 0) is 4.74 Å². The molecule has 0 unspecified atom stereocenters. The normalized spacial score (nSPS) is 15.5. The fourth-order valence-corrected chi connectivity index (χ4v) is 2.72. The van der Waals surface area contributed by atoms with E-state index in [4.69, 9.17) is 9.47 Å². The smallest absolute Gasteiger partial charge is 0.410 e. The summed E-state index contributed by atoms with van der Waals surface area (Å²) in [5.74, 6) is 0.762. The van der Waals surface area contributed by atoms with Gasteiger partial charge in [-0.25, -0.2) is 9.59 Å². The van der Waals surface area contributed by atoms with Gasteiger partial charge in [-0.15, -0.1) is 0 Å². The van der Waals surface area contributed by atoms with Gasteiger partial charge in [0, 0.05) is 25.3 Å². The quantitative estimate of drug-likeness (QED) is 0.846. The molecule has 7 nitrogen and oxygen atoms in total. The molecule has 1 saturated heterocycles. The molecule has 1 fully saturated rings. The van der Waals surface area contributed by atoms with E-state index in [-0.39, 0.29) is 18.2 Å². The molecule has 0 atom stereocenters. The second kappa shape index (κ2) is 9.30. The predicted molar refractivity (Wildman–Crippen MR) is 105 cm³/mol. The highest BCUT2D eigenvalue weighted by Gasteiger charge is 2.27. The monoisotopic (exact) mass is 375 g/mol. The van der Waals surface area contributed by atoms with E-state index in [0.29, 0.717) is 25.9 Å². The summed E-state index contributed by atoms with van der Waals surface area (Å²) >= 11 is 0.